The number of hydrogen-bond acceptors (Lipinski definition) is 5. The monoisotopic (exact) mass is 294 g/mol. The molecule has 0 amide bonds. The van der Waals surface area contributed by atoms with E-state index < -0.39 is 0 Å². The normalized spacial score (nSPS) is 12.3. The van der Waals surface area contributed by atoms with Crippen LogP contribution in [0, 0.1) is 0 Å². The first kappa shape index (κ1) is 14.4. The highest BCUT2D eigenvalue weighted by atomic mass is 16.3. The van der Waals surface area contributed by atoms with Crippen molar-refractivity contribution in [1.29, 1.82) is 0 Å². The van der Waals surface area contributed by atoms with Crippen molar-refractivity contribution in [1.82, 2.24) is 15.0 Å². The number of rotatable bonds is 5. The van der Waals surface area contributed by atoms with Gasteiger partial charge in [0, 0.05) is 23.3 Å². The molecule has 5 nitrogen and oxygen atoms in total. The number of anilines is 1. The molecule has 2 heterocycles. The largest absolute Gasteiger partial charge is 0.394 e. The lowest BCUT2D eigenvalue weighted by Crippen LogP contribution is -2.23. The van der Waals surface area contributed by atoms with Gasteiger partial charge in [-0.1, -0.05) is 19.1 Å². The Bertz CT molecular complexity index is 757. The van der Waals surface area contributed by atoms with E-state index in [0.717, 1.165) is 28.7 Å². The van der Waals surface area contributed by atoms with Gasteiger partial charge in [0.15, 0.2) is 5.82 Å². The van der Waals surface area contributed by atoms with Crippen molar-refractivity contribution in [2.45, 2.75) is 19.4 Å². The van der Waals surface area contributed by atoms with Crippen LogP contribution in [-0.2, 0) is 0 Å². The van der Waals surface area contributed by atoms with Crippen molar-refractivity contribution in [3.8, 4) is 11.4 Å². The van der Waals surface area contributed by atoms with Gasteiger partial charge < -0.3 is 10.4 Å². The molecule has 0 aliphatic carbocycles. The van der Waals surface area contributed by atoms with E-state index >= 15 is 0 Å². The molecule has 1 aromatic carbocycles. The van der Waals surface area contributed by atoms with E-state index in [-0.39, 0.29) is 12.6 Å². The highest BCUT2D eigenvalue weighted by Gasteiger charge is 2.12. The number of hydrogen-bond donors (Lipinski definition) is 2. The van der Waals surface area contributed by atoms with Crippen LogP contribution in [-0.4, -0.2) is 32.7 Å². The average molecular weight is 294 g/mol. The Labute approximate surface area is 129 Å². The second kappa shape index (κ2) is 6.49. The molecular weight excluding hydrogens is 276 g/mol. The molecule has 2 aromatic heterocycles. The molecule has 112 valence electrons. The number of aromatic nitrogens is 3. The zero-order valence-electron chi connectivity index (χ0n) is 12.4. The Morgan fingerprint density at radius 2 is 2.00 bits per heavy atom. The Morgan fingerprint density at radius 1 is 1.14 bits per heavy atom. The first-order valence-corrected chi connectivity index (χ1v) is 7.36. The summed E-state index contributed by atoms with van der Waals surface area (Å²) in [6.45, 7) is 2.09. The summed E-state index contributed by atoms with van der Waals surface area (Å²) in [5.41, 5.74) is 1.74. The number of nitrogens with zero attached hydrogens (tertiary/aromatic N) is 3. The number of aliphatic hydroxyl groups is 1. The van der Waals surface area contributed by atoms with Crippen LogP contribution in [0.15, 0.2) is 48.8 Å². The van der Waals surface area contributed by atoms with Gasteiger partial charge in [-0.25, -0.2) is 9.97 Å². The van der Waals surface area contributed by atoms with Crippen LogP contribution in [0.2, 0.25) is 0 Å². The second-order valence-electron chi connectivity index (χ2n) is 5.09. The van der Waals surface area contributed by atoms with E-state index in [1.54, 1.807) is 12.4 Å². The van der Waals surface area contributed by atoms with Crippen LogP contribution < -0.4 is 5.32 Å². The van der Waals surface area contributed by atoms with Gasteiger partial charge >= 0.3 is 0 Å². The lowest BCUT2D eigenvalue weighted by atomic mass is 10.2. The zero-order valence-corrected chi connectivity index (χ0v) is 12.4. The quantitative estimate of drug-likeness (QED) is 0.757. The van der Waals surface area contributed by atoms with Gasteiger partial charge in [-0.2, -0.15) is 0 Å². The molecule has 3 aromatic rings. The minimum Gasteiger partial charge on any atom is -0.394 e. The van der Waals surface area contributed by atoms with Crippen LogP contribution in [0.5, 0.6) is 0 Å². The Balaban J connectivity index is 2.12. The summed E-state index contributed by atoms with van der Waals surface area (Å²) in [6.07, 6.45) is 4.29. The van der Waals surface area contributed by atoms with Gasteiger partial charge in [0.05, 0.1) is 18.2 Å². The molecule has 0 spiro atoms. The van der Waals surface area contributed by atoms with Crippen molar-refractivity contribution < 1.29 is 5.11 Å². The van der Waals surface area contributed by atoms with Crippen LogP contribution in [0.3, 0.4) is 0 Å². The SMILES string of the molecule is CC[C@@H](CO)Nc1nc(-c2cccnc2)nc2ccccc12. The van der Waals surface area contributed by atoms with Gasteiger partial charge in [0.1, 0.15) is 5.82 Å². The predicted molar refractivity (Wildman–Crippen MR) is 87.6 cm³/mol. The summed E-state index contributed by atoms with van der Waals surface area (Å²) in [4.78, 5) is 13.4. The third-order valence-electron chi connectivity index (χ3n) is 3.58. The summed E-state index contributed by atoms with van der Waals surface area (Å²) in [7, 11) is 0. The van der Waals surface area contributed by atoms with Crippen molar-refractivity contribution >= 4 is 16.7 Å². The number of pyridine rings is 1. The maximum Gasteiger partial charge on any atom is 0.163 e. The highest BCUT2D eigenvalue weighted by molar-refractivity contribution is 5.90. The molecule has 0 saturated heterocycles. The van der Waals surface area contributed by atoms with Crippen LogP contribution in [0.1, 0.15) is 13.3 Å². The first-order valence-electron chi connectivity index (χ1n) is 7.36. The summed E-state index contributed by atoms with van der Waals surface area (Å²) in [6, 6.07) is 11.6. The molecule has 5 heteroatoms. The van der Waals surface area contributed by atoms with Crippen LogP contribution in [0.4, 0.5) is 5.82 Å². The van der Waals surface area contributed by atoms with Gasteiger partial charge in [0.25, 0.3) is 0 Å². The number of benzene rings is 1. The number of nitrogens with one attached hydrogen (secondary N) is 1. The summed E-state index contributed by atoms with van der Waals surface area (Å²) in [5, 5.41) is 13.7. The molecule has 0 saturated carbocycles. The van der Waals surface area contributed by atoms with E-state index in [2.05, 4.69) is 20.3 Å². The minimum atomic E-state index is -0.0277. The molecule has 0 aliphatic heterocycles. The van der Waals surface area contributed by atoms with E-state index in [1.807, 2.05) is 43.3 Å². The van der Waals surface area contributed by atoms with Crippen LogP contribution in [0.25, 0.3) is 22.3 Å². The average Bonchev–Trinajstić information content (AvgIpc) is 2.60. The molecule has 3 rings (SSSR count). The van der Waals surface area contributed by atoms with Crippen molar-refractivity contribution in [2.24, 2.45) is 0 Å². The maximum absolute atomic E-state index is 9.43. The van der Waals surface area contributed by atoms with Crippen LogP contribution >= 0.6 is 0 Å². The maximum atomic E-state index is 9.43. The molecule has 0 unspecified atom stereocenters. The minimum absolute atomic E-state index is 0.0277. The van der Waals surface area contributed by atoms with E-state index in [0.29, 0.717) is 5.82 Å². The second-order valence-corrected chi connectivity index (χ2v) is 5.09. The fraction of sp³-hybridized carbons (Fsp3) is 0.235. The van der Waals surface area contributed by atoms with E-state index in [1.165, 1.54) is 0 Å². The highest BCUT2D eigenvalue weighted by Crippen LogP contribution is 2.25. The van der Waals surface area contributed by atoms with E-state index in [4.69, 9.17) is 0 Å². The van der Waals surface area contributed by atoms with Crippen molar-refractivity contribution in [2.75, 3.05) is 11.9 Å². The lowest BCUT2D eigenvalue weighted by Gasteiger charge is -2.17. The standard InChI is InChI=1S/C17H18N4O/c1-2-13(11-22)19-17-14-7-3-4-8-15(14)20-16(21-17)12-6-5-9-18-10-12/h3-10,13,22H,2,11H2,1H3,(H,19,20,21)/t13-/m0/s1. The molecule has 2 N–H and O–H groups in total. The zero-order chi connectivity index (χ0) is 15.4. The predicted octanol–water partition coefficient (Wildman–Crippen LogP) is 2.87. The van der Waals surface area contributed by atoms with E-state index in [9.17, 15) is 5.11 Å². The number of fused-ring (bicyclic) bond motifs is 1. The molecule has 0 fully saturated rings. The summed E-state index contributed by atoms with van der Waals surface area (Å²) < 4.78 is 0. The molecular formula is C17H18N4O. The number of aliphatic hydroxyl groups excluding tert-OH is 1. The summed E-state index contributed by atoms with van der Waals surface area (Å²) in [5.74, 6) is 1.37. The Morgan fingerprint density at radius 3 is 2.73 bits per heavy atom. The van der Waals surface area contributed by atoms with Crippen molar-refractivity contribution in [3.05, 3.63) is 48.8 Å². The third kappa shape index (κ3) is 2.89. The first-order chi connectivity index (χ1) is 10.8. The Hall–Kier alpha value is -2.53. The molecule has 22 heavy (non-hydrogen) atoms. The van der Waals surface area contributed by atoms with Gasteiger partial charge in [-0.05, 0) is 30.7 Å². The number of para-hydroxylation sites is 1. The van der Waals surface area contributed by atoms with Gasteiger partial charge in [0.2, 0.25) is 0 Å². The van der Waals surface area contributed by atoms with Gasteiger partial charge in [-0.3, -0.25) is 4.98 Å². The Kier molecular flexibility index (Phi) is 4.25. The topological polar surface area (TPSA) is 70.9 Å². The summed E-state index contributed by atoms with van der Waals surface area (Å²) >= 11 is 0. The van der Waals surface area contributed by atoms with Gasteiger partial charge in [-0.15, -0.1) is 0 Å². The third-order valence-corrected chi connectivity index (χ3v) is 3.58. The fourth-order valence-corrected chi connectivity index (χ4v) is 2.28. The molecule has 0 bridgehead atoms. The van der Waals surface area contributed by atoms with Crippen molar-refractivity contribution in [3.63, 3.8) is 0 Å². The molecule has 0 radical (unpaired) electrons. The lowest BCUT2D eigenvalue weighted by molar-refractivity contribution is 0.271. The molecule has 0 aliphatic rings. The smallest absolute Gasteiger partial charge is 0.163 e. The fourth-order valence-electron chi connectivity index (χ4n) is 2.28. The molecule has 1 atom stereocenters.